The maximum Gasteiger partial charge on any atom is 0.146 e. The Bertz CT molecular complexity index is 750. The zero-order valence-electron chi connectivity index (χ0n) is 14.4. The number of benzene rings is 2. The molecule has 1 saturated heterocycles. The summed E-state index contributed by atoms with van der Waals surface area (Å²) >= 11 is 6.22. The maximum atomic E-state index is 10.3. The Morgan fingerprint density at radius 3 is 2.23 bits per heavy atom. The van der Waals surface area contributed by atoms with Gasteiger partial charge in [-0.25, -0.2) is 0 Å². The van der Waals surface area contributed by atoms with Crippen LogP contribution in [-0.2, 0) is 4.74 Å². The second kappa shape index (κ2) is 7.82. The van der Waals surface area contributed by atoms with E-state index in [1.165, 1.54) is 0 Å². The van der Waals surface area contributed by atoms with Crippen LogP contribution in [0, 0.1) is 0 Å². The van der Waals surface area contributed by atoms with Gasteiger partial charge in [-0.05, 0) is 48.9 Å². The molecule has 3 N–H and O–H groups in total. The van der Waals surface area contributed by atoms with Crippen molar-refractivity contribution in [2.75, 3.05) is 7.11 Å². The highest BCUT2D eigenvalue weighted by molar-refractivity contribution is 6.32. The van der Waals surface area contributed by atoms with E-state index in [4.69, 9.17) is 25.8 Å². The monoisotopic (exact) mass is 380 g/mol. The summed E-state index contributed by atoms with van der Waals surface area (Å²) in [6, 6.07) is 12.0. The summed E-state index contributed by atoms with van der Waals surface area (Å²) in [5, 5.41) is 30.5. The van der Waals surface area contributed by atoms with E-state index >= 15 is 0 Å². The average molecular weight is 381 g/mol. The summed E-state index contributed by atoms with van der Waals surface area (Å²) in [5.74, 6) is 1.66. The lowest BCUT2D eigenvalue weighted by atomic mass is 9.91. The van der Waals surface area contributed by atoms with Crippen LogP contribution in [0.25, 0.3) is 0 Å². The number of methoxy groups -OCH3 is 1. The molecule has 5 unspecified atom stereocenters. The van der Waals surface area contributed by atoms with Crippen LogP contribution in [0.1, 0.15) is 18.6 Å². The number of rotatable bonds is 4. The molecule has 2 aromatic rings. The first-order valence-electron chi connectivity index (χ1n) is 8.21. The van der Waals surface area contributed by atoms with Crippen molar-refractivity contribution in [3.05, 3.63) is 53.1 Å². The zero-order valence-corrected chi connectivity index (χ0v) is 15.1. The Balaban J connectivity index is 1.85. The zero-order chi connectivity index (χ0) is 18.8. The fourth-order valence-corrected chi connectivity index (χ4v) is 3.03. The van der Waals surface area contributed by atoms with Gasteiger partial charge < -0.3 is 29.5 Å². The van der Waals surface area contributed by atoms with Crippen molar-refractivity contribution in [1.29, 1.82) is 0 Å². The molecule has 3 rings (SSSR count). The van der Waals surface area contributed by atoms with Crippen molar-refractivity contribution >= 4 is 11.6 Å². The van der Waals surface area contributed by atoms with Crippen LogP contribution in [0.15, 0.2) is 42.5 Å². The highest BCUT2D eigenvalue weighted by Crippen LogP contribution is 2.37. The molecule has 0 radical (unpaired) electrons. The smallest absolute Gasteiger partial charge is 0.146 e. The molecule has 7 heteroatoms. The molecular weight excluding hydrogens is 360 g/mol. The molecule has 1 aliphatic rings. The first kappa shape index (κ1) is 18.9. The minimum atomic E-state index is -1.30. The van der Waals surface area contributed by atoms with Gasteiger partial charge in [-0.1, -0.05) is 17.7 Å². The van der Waals surface area contributed by atoms with Crippen LogP contribution in [0.2, 0.25) is 5.02 Å². The fourth-order valence-electron chi connectivity index (χ4n) is 2.87. The molecule has 1 aliphatic heterocycles. The van der Waals surface area contributed by atoms with Crippen LogP contribution >= 0.6 is 11.6 Å². The van der Waals surface area contributed by atoms with Gasteiger partial charge in [0.2, 0.25) is 0 Å². The molecule has 0 aliphatic carbocycles. The Hall–Kier alpha value is -1.83. The number of hydrogen-bond donors (Lipinski definition) is 3. The average Bonchev–Trinajstić information content (AvgIpc) is 2.65. The molecule has 0 saturated carbocycles. The lowest BCUT2D eigenvalue weighted by Gasteiger charge is -2.39. The molecule has 26 heavy (non-hydrogen) atoms. The van der Waals surface area contributed by atoms with Gasteiger partial charge in [-0.3, -0.25) is 0 Å². The largest absolute Gasteiger partial charge is 0.497 e. The van der Waals surface area contributed by atoms with Crippen molar-refractivity contribution < 1.29 is 29.5 Å². The van der Waals surface area contributed by atoms with E-state index in [2.05, 4.69) is 0 Å². The van der Waals surface area contributed by atoms with Crippen molar-refractivity contribution in [1.82, 2.24) is 0 Å². The highest BCUT2D eigenvalue weighted by Gasteiger charge is 2.42. The second-order valence-electron chi connectivity index (χ2n) is 6.20. The van der Waals surface area contributed by atoms with E-state index in [-0.39, 0.29) is 0 Å². The first-order valence-corrected chi connectivity index (χ1v) is 8.59. The fraction of sp³-hybridized carbons (Fsp3) is 0.368. The van der Waals surface area contributed by atoms with Crippen LogP contribution in [0.3, 0.4) is 0 Å². The van der Waals surface area contributed by atoms with Gasteiger partial charge in [-0.2, -0.15) is 0 Å². The highest BCUT2D eigenvalue weighted by atomic mass is 35.5. The molecule has 1 heterocycles. The van der Waals surface area contributed by atoms with Gasteiger partial charge in [0.05, 0.1) is 18.2 Å². The van der Waals surface area contributed by atoms with E-state index in [1.54, 1.807) is 56.5 Å². The van der Waals surface area contributed by atoms with Crippen molar-refractivity contribution in [3.8, 4) is 17.2 Å². The SMILES string of the molecule is COc1ccc(Oc2cc(C3OC(C)C(O)C(O)C3O)ccc2Cl)cc1. The summed E-state index contributed by atoms with van der Waals surface area (Å²) in [6.45, 7) is 1.64. The van der Waals surface area contributed by atoms with Gasteiger partial charge in [0, 0.05) is 0 Å². The van der Waals surface area contributed by atoms with Crippen LogP contribution in [0.4, 0.5) is 0 Å². The molecule has 5 atom stereocenters. The predicted molar refractivity (Wildman–Crippen MR) is 95.8 cm³/mol. The molecule has 140 valence electrons. The third-order valence-electron chi connectivity index (χ3n) is 4.42. The number of aliphatic hydroxyl groups is 3. The number of halogens is 1. The Morgan fingerprint density at radius 1 is 0.923 bits per heavy atom. The van der Waals surface area contributed by atoms with E-state index in [0.29, 0.717) is 27.8 Å². The summed E-state index contributed by atoms with van der Waals surface area (Å²) in [7, 11) is 1.58. The van der Waals surface area contributed by atoms with Crippen LogP contribution in [-0.4, -0.2) is 46.8 Å². The number of hydrogen-bond acceptors (Lipinski definition) is 6. The summed E-state index contributed by atoms with van der Waals surface area (Å²) in [4.78, 5) is 0. The lowest BCUT2D eigenvalue weighted by molar-refractivity contribution is -0.219. The van der Waals surface area contributed by atoms with E-state index < -0.39 is 30.5 Å². The number of ether oxygens (including phenoxy) is 3. The summed E-state index contributed by atoms with van der Waals surface area (Å²) in [6.07, 6.45) is -5.15. The topological polar surface area (TPSA) is 88.4 Å². The summed E-state index contributed by atoms with van der Waals surface area (Å²) < 4.78 is 16.6. The van der Waals surface area contributed by atoms with Gasteiger partial charge >= 0.3 is 0 Å². The molecule has 0 bridgehead atoms. The molecule has 0 aromatic heterocycles. The van der Waals surface area contributed by atoms with Crippen LogP contribution in [0.5, 0.6) is 17.2 Å². The molecule has 0 amide bonds. The quantitative estimate of drug-likeness (QED) is 0.755. The minimum Gasteiger partial charge on any atom is -0.497 e. The van der Waals surface area contributed by atoms with E-state index in [1.807, 2.05) is 0 Å². The molecule has 0 spiro atoms. The third kappa shape index (κ3) is 3.79. The van der Waals surface area contributed by atoms with Crippen molar-refractivity contribution in [2.24, 2.45) is 0 Å². The normalized spacial score (nSPS) is 28.6. The van der Waals surface area contributed by atoms with Gasteiger partial charge in [-0.15, -0.1) is 0 Å². The maximum absolute atomic E-state index is 10.3. The third-order valence-corrected chi connectivity index (χ3v) is 4.74. The predicted octanol–water partition coefficient (Wildman–Crippen LogP) is 2.68. The van der Waals surface area contributed by atoms with Crippen molar-refractivity contribution in [3.63, 3.8) is 0 Å². The molecule has 1 fully saturated rings. The van der Waals surface area contributed by atoms with E-state index in [9.17, 15) is 15.3 Å². The molecule has 2 aromatic carbocycles. The van der Waals surface area contributed by atoms with Gasteiger partial charge in [0.25, 0.3) is 0 Å². The van der Waals surface area contributed by atoms with Gasteiger partial charge in [0.1, 0.15) is 41.7 Å². The second-order valence-corrected chi connectivity index (χ2v) is 6.61. The Morgan fingerprint density at radius 2 is 1.58 bits per heavy atom. The minimum absolute atomic E-state index is 0.387. The number of aliphatic hydroxyl groups excluding tert-OH is 3. The Kier molecular flexibility index (Phi) is 5.70. The summed E-state index contributed by atoms with van der Waals surface area (Å²) in [5.41, 5.74) is 0.586. The molecule has 6 nitrogen and oxygen atoms in total. The first-order chi connectivity index (χ1) is 12.4. The lowest BCUT2D eigenvalue weighted by Crippen LogP contribution is -2.53. The van der Waals surface area contributed by atoms with Crippen LogP contribution < -0.4 is 9.47 Å². The standard InChI is InChI=1S/C19H21ClO6/c1-10-16(21)17(22)18(23)19(25-10)11-3-8-14(20)15(9-11)26-13-6-4-12(24-2)5-7-13/h3-10,16-19,21-23H,1-2H3. The molecular formula is C19H21ClO6. The van der Waals surface area contributed by atoms with Crippen molar-refractivity contribution in [2.45, 2.75) is 37.4 Å². The van der Waals surface area contributed by atoms with E-state index in [0.717, 1.165) is 0 Å². The Labute approximate surface area is 156 Å². The van der Waals surface area contributed by atoms with Gasteiger partial charge in [0.15, 0.2) is 0 Å².